The molecule has 0 bridgehead atoms. The Morgan fingerprint density at radius 3 is 2.57 bits per heavy atom. The maximum Gasteiger partial charge on any atom is 0.281 e. The second-order valence-electron chi connectivity index (χ2n) is 7.24. The maximum atomic E-state index is 14.1. The van der Waals surface area contributed by atoms with Crippen LogP contribution in [0.3, 0.4) is 0 Å². The number of amides is 1. The lowest BCUT2D eigenvalue weighted by molar-refractivity contribution is 0.0741. The molecule has 4 rings (SSSR count). The van der Waals surface area contributed by atoms with Gasteiger partial charge in [0.05, 0.1) is 16.3 Å². The highest BCUT2D eigenvalue weighted by Gasteiger charge is 2.28. The number of halogens is 2. The van der Waals surface area contributed by atoms with Crippen molar-refractivity contribution in [3.63, 3.8) is 0 Å². The van der Waals surface area contributed by atoms with Crippen molar-refractivity contribution in [3.05, 3.63) is 50.7 Å². The summed E-state index contributed by atoms with van der Waals surface area (Å²) in [5.41, 5.74) is 1.50. The van der Waals surface area contributed by atoms with Crippen molar-refractivity contribution >= 4 is 34.5 Å². The molecular weight excluding hydrogens is 411 g/mol. The van der Waals surface area contributed by atoms with Crippen molar-refractivity contribution in [2.75, 3.05) is 31.1 Å². The van der Waals surface area contributed by atoms with Crippen molar-refractivity contribution in [3.8, 4) is 0 Å². The fourth-order valence-corrected chi connectivity index (χ4v) is 4.14. The number of aryl methyl sites for hydroxylation is 2. The fourth-order valence-electron chi connectivity index (χ4n) is 3.90. The summed E-state index contributed by atoms with van der Waals surface area (Å²) in [4.78, 5) is 34.1. The van der Waals surface area contributed by atoms with Gasteiger partial charge in [0.2, 0.25) is 5.95 Å². The van der Waals surface area contributed by atoms with E-state index in [9.17, 15) is 14.0 Å². The highest BCUT2D eigenvalue weighted by atomic mass is 35.5. The summed E-state index contributed by atoms with van der Waals surface area (Å²) >= 11 is 6.04. The SMILES string of the molecule is CCn1c(N2CCN(C(=O)c3c(F)cccc3Cl)CC2)nc2c(C)nn(C)c2c1=O. The monoisotopic (exact) mass is 432 g/mol. The Labute approximate surface area is 177 Å². The lowest BCUT2D eigenvalue weighted by atomic mass is 10.1. The molecule has 3 aromatic rings. The normalized spacial score (nSPS) is 14.6. The van der Waals surface area contributed by atoms with E-state index in [1.54, 1.807) is 21.2 Å². The van der Waals surface area contributed by atoms with E-state index in [0.29, 0.717) is 55.4 Å². The first-order chi connectivity index (χ1) is 14.3. The third-order valence-corrected chi connectivity index (χ3v) is 5.75. The number of carbonyl (C=O) groups is 1. The quantitative estimate of drug-likeness (QED) is 0.634. The zero-order chi connectivity index (χ0) is 21.6. The predicted molar refractivity (Wildman–Crippen MR) is 113 cm³/mol. The van der Waals surface area contributed by atoms with E-state index in [4.69, 9.17) is 16.6 Å². The minimum Gasteiger partial charge on any atom is -0.339 e. The van der Waals surface area contributed by atoms with E-state index in [1.807, 2.05) is 18.7 Å². The number of anilines is 1. The maximum absolute atomic E-state index is 14.1. The first-order valence-corrected chi connectivity index (χ1v) is 10.1. The smallest absolute Gasteiger partial charge is 0.281 e. The molecule has 0 aliphatic carbocycles. The molecule has 3 heterocycles. The Balaban J connectivity index is 1.62. The molecule has 0 atom stereocenters. The molecule has 0 saturated carbocycles. The predicted octanol–water partition coefficient (Wildman–Crippen LogP) is 2.21. The number of benzene rings is 1. The number of piperazine rings is 1. The number of nitrogens with zero attached hydrogens (tertiary/aromatic N) is 6. The van der Waals surface area contributed by atoms with Crippen LogP contribution in [0.1, 0.15) is 23.0 Å². The van der Waals surface area contributed by atoms with Crippen LogP contribution in [0.2, 0.25) is 5.02 Å². The summed E-state index contributed by atoms with van der Waals surface area (Å²) in [6, 6.07) is 4.20. The molecular formula is C20H22ClFN6O2. The largest absolute Gasteiger partial charge is 0.339 e. The Morgan fingerprint density at radius 1 is 1.23 bits per heavy atom. The number of hydrogen-bond donors (Lipinski definition) is 0. The van der Waals surface area contributed by atoms with Gasteiger partial charge in [-0.1, -0.05) is 17.7 Å². The standard InChI is InChI=1S/C20H22ClFN6O2/c1-4-28-19(30)17-16(12(2)24-25(17)3)23-20(28)27-10-8-26(9-11-27)18(29)15-13(21)6-5-7-14(15)22/h5-7H,4,8-11H2,1-3H3. The molecule has 1 aromatic carbocycles. The molecule has 2 aromatic heterocycles. The molecule has 10 heteroatoms. The zero-order valence-corrected chi connectivity index (χ0v) is 17.8. The van der Waals surface area contributed by atoms with E-state index in [2.05, 4.69) is 5.10 Å². The van der Waals surface area contributed by atoms with E-state index in [1.165, 1.54) is 18.2 Å². The van der Waals surface area contributed by atoms with Crippen LogP contribution in [-0.2, 0) is 13.6 Å². The Morgan fingerprint density at radius 2 is 1.93 bits per heavy atom. The Kier molecular flexibility index (Phi) is 5.23. The van der Waals surface area contributed by atoms with Crippen LogP contribution in [0.25, 0.3) is 11.0 Å². The molecule has 1 fully saturated rings. The van der Waals surface area contributed by atoms with Crippen molar-refractivity contribution in [1.82, 2.24) is 24.2 Å². The van der Waals surface area contributed by atoms with E-state index in [0.717, 1.165) is 0 Å². The van der Waals surface area contributed by atoms with Crippen LogP contribution in [0.4, 0.5) is 10.3 Å². The van der Waals surface area contributed by atoms with Gasteiger partial charge in [0.25, 0.3) is 11.5 Å². The summed E-state index contributed by atoms with van der Waals surface area (Å²) < 4.78 is 17.3. The molecule has 1 saturated heterocycles. The molecule has 0 spiro atoms. The lowest BCUT2D eigenvalue weighted by Gasteiger charge is -2.36. The molecule has 158 valence electrons. The first-order valence-electron chi connectivity index (χ1n) is 9.75. The van der Waals surface area contributed by atoms with E-state index < -0.39 is 11.7 Å². The number of fused-ring (bicyclic) bond motifs is 1. The van der Waals surface area contributed by atoms with Crippen LogP contribution in [0.15, 0.2) is 23.0 Å². The molecule has 0 N–H and O–H groups in total. The van der Waals surface area contributed by atoms with E-state index in [-0.39, 0.29) is 16.1 Å². The molecule has 0 unspecified atom stereocenters. The number of aromatic nitrogens is 4. The molecule has 30 heavy (non-hydrogen) atoms. The topological polar surface area (TPSA) is 76.3 Å². The molecule has 1 amide bonds. The van der Waals surface area contributed by atoms with Gasteiger partial charge in [0.15, 0.2) is 5.52 Å². The minimum absolute atomic E-state index is 0.0985. The highest BCUT2D eigenvalue weighted by molar-refractivity contribution is 6.33. The Bertz CT molecular complexity index is 1180. The molecule has 1 aliphatic heterocycles. The average molecular weight is 433 g/mol. The molecule has 0 radical (unpaired) electrons. The van der Waals surface area contributed by atoms with Crippen LogP contribution in [0.5, 0.6) is 0 Å². The summed E-state index contributed by atoms with van der Waals surface area (Å²) in [5.74, 6) is -0.506. The van der Waals surface area contributed by atoms with Crippen molar-refractivity contribution in [2.24, 2.45) is 7.05 Å². The van der Waals surface area contributed by atoms with E-state index >= 15 is 0 Å². The van der Waals surface area contributed by atoms with Gasteiger partial charge in [0.1, 0.15) is 11.3 Å². The van der Waals surface area contributed by atoms with Crippen LogP contribution in [-0.4, -0.2) is 56.3 Å². The van der Waals surface area contributed by atoms with Crippen LogP contribution >= 0.6 is 11.6 Å². The third-order valence-electron chi connectivity index (χ3n) is 5.43. The summed E-state index contributed by atoms with van der Waals surface area (Å²) in [7, 11) is 1.73. The van der Waals surface area contributed by atoms with Gasteiger partial charge in [-0.15, -0.1) is 0 Å². The van der Waals surface area contributed by atoms with Gasteiger partial charge in [-0.25, -0.2) is 9.37 Å². The van der Waals surface area contributed by atoms with Gasteiger partial charge in [-0.05, 0) is 26.0 Å². The Hall–Kier alpha value is -2.94. The molecule has 1 aliphatic rings. The van der Waals surface area contributed by atoms with Gasteiger partial charge in [-0.2, -0.15) is 5.10 Å². The second-order valence-corrected chi connectivity index (χ2v) is 7.65. The van der Waals surface area contributed by atoms with Crippen LogP contribution in [0, 0.1) is 12.7 Å². The average Bonchev–Trinajstić information content (AvgIpc) is 3.01. The van der Waals surface area contributed by atoms with Crippen molar-refractivity contribution in [2.45, 2.75) is 20.4 Å². The summed E-state index contributed by atoms with van der Waals surface area (Å²) in [6.45, 7) is 5.85. The van der Waals surface area contributed by atoms with Gasteiger partial charge in [-0.3, -0.25) is 18.8 Å². The van der Waals surface area contributed by atoms with Crippen molar-refractivity contribution < 1.29 is 9.18 Å². The number of rotatable bonds is 3. The van der Waals surface area contributed by atoms with Gasteiger partial charge < -0.3 is 9.80 Å². The minimum atomic E-state index is -0.631. The third kappa shape index (κ3) is 3.23. The molecule has 8 nitrogen and oxygen atoms in total. The second kappa shape index (κ2) is 7.71. The van der Waals surface area contributed by atoms with Gasteiger partial charge >= 0.3 is 0 Å². The zero-order valence-electron chi connectivity index (χ0n) is 17.0. The van der Waals surface area contributed by atoms with Crippen LogP contribution < -0.4 is 10.5 Å². The van der Waals surface area contributed by atoms with Gasteiger partial charge in [0, 0.05) is 39.8 Å². The first kappa shape index (κ1) is 20.3. The lowest BCUT2D eigenvalue weighted by Crippen LogP contribution is -2.50. The number of hydrogen-bond acceptors (Lipinski definition) is 5. The summed E-state index contributed by atoms with van der Waals surface area (Å²) in [5, 5.41) is 4.42. The summed E-state index contributed by atoms with van der Waals surface area (Å²) in [6.07, 6.45) is 0. The number of carbonyl (C=O) groups excluding carboxylic acids is 1. The van der Waals surface area contributed by atoms with Crippen molar-refractivity contribution in [1.29, 1.82) is 0 Å². The fraction of sp³-hybridized carbons (Fsp3) is 0.400. The highest BCUT2D eigenvalue weighted by Crippen LogP contribution is 2.23.